The zero-order chi connectivity index (χ0) is 9.52. The van der Waals surface area contributed by atoms with Gasteiger partial charge in [-0.3, -0.25) is 0 Å². The van der Waals surface area contributed by atoms with Crippen LogP contribution in [0, 0.1) is 0 Å². The van der Waals surface area contributed by atoms with Crippen molar-refractivity contribution in [1.29, 1.82) is 0 Å². The third-order valence-corrected chi connectivity index (χ3v) is 2.60. The lowest BCUT2D eigenvalue weighted by molar-refractivity contribution is 0.107. The first-order valence-electron chi connectivity index (χ1n) is 4.59. The van der Waals surface area contributed by atoms with Crippen molar-refractivity contribution in [3.05, 3.63) is 0 Å². The molecule has 1 radical (unpaired) electrons. The summed E-state index contributed by atoms with van der Waals surface area (Å²) in [7, 11) is 1.81. The summed E-state index contributed by atoms with van der Waals surface area (Å²) in [5.74, 6) is 0.723. The molecule has 13 heavy (non-hydrogen) atoms. The van der Waals surface area contributed by atoms with Crippen molar-refractivity contribution >= 4 is 24.5 Å². The number of hydrogen-bond donors (Lipinski definition) is 0. The summed E-state index contributed by atoms with van der Waals surface area (Å²) in [5.41, 5.74) is 0. The smallest absolute Gasteiger partial charge is 0.367 e. The first kappa shape index (κ1) is 10.9. The molecule has 0 spiro atoms. The van der Waals surface area contributed by atoms with Crippen LogP contribution in [-0.4, -0.2) is 31.2 Å². The van der Waals surface area contributed by atoms with E-state index in [1.54, 1.807) is 7.48 Å². The van der Waals surface area contributed by atoms with Crippen LogP contribution < -0.4 is 0 Å². The third-order valence-electron chi connectivity index (χ3n) is 1.73. The molecule has 1 rings (SSSR count). The second-order valence-corrected chi connectivity index (χ2v) is 3.90. The Kier molecular flexibility index (Phi) is 5.31. The fraction of sp³-hybridized carbons (Fsp3) is 0.875. The predicted molar refractivity (Wildman–Crippen MR) is 54.1 cm³/mol. The molecule has 0 aromatic carbocycles. The maximum atomic E-state index is 10.7. The maximum absolute atomic E-state index is 10.7. The van der Waals surface area contributed by atoms with Crippen LogP contribution in [0.3, 0.4) is 0 Å². The van der Waals surface area contributed by atoms with Gasteiger partial charge in [0.25, 0.3) is 7.48 Å². The minimum atomic E-state index is -0.179. The molecule has 1 heterocycles. The Morgan fingerprint density at radius 1 is 1.77 bits per heavy atom. The van der Waals surface area contributed by atoms with Crippen LogP contribution in [-0.2, 0) is 9.39 Å². The molecule has 0 N–H and O–H groups in total. The first-order chi connectivity index (χ1) is 6.33. The number of carbonyl (C=O) groups is 1. The van der Waals surface area contributed by atoms with Crippen molar-refractivity contribution in [2.75, 3.05) is 12.4 Å². The van der Waals surface area contributed by atoms with Gasteiger partial charge in [-0.1, -0.05) is 26.1 Å². The SMILES string of the molecule is CCCC[B]OCC1CSC(=O)O1. The molecule has 1 fully saturated rings. The van der Waals surface area contributed by atoms with Crippen molar-refractivity contribution in [2.45, 2.75) is 32.2 Å². The molecule has 3 nitrogen and oxygen atoms in total. The third kappa shape index (κ3) is 4.57. The van der Waals surface area contributed by atoms with Gasteiger partial charge in [-0.05, 0) is 11.8 Å². The minimum absolute atomic E-state index is 0.0459. The van der Waals surface area contributed by atoms with Crippen molar-refractivity contribution in [2.24, 2.45) is 0 Å². The molecule has 0 aromatic heterocycles. The summed E-state index contributed by atoms with van der Waals surface area (Å²) in [6.07, 6.45) is 3.26. The van der Waals surface area contributed by atoms with Crippen molar-refractivity contribution in [3.8, 4) is 0 Å². The number of rotatable bonds is 6. The zero-order valence-corrected chi connectivity index (χ0v) is 8.64. The Morgan fingerprint density at radius 2 is 2.62 bits per heavy atom. The molecule has 1 aliphatic heterocycles. The standard InChI is InChI=1S/C8H14BO3S/c1-2-3-4-9-11-5-7-6-13-8(10)12-7/h7H,2-6H2,1H3. The van der Waals surface area contributed by atoms with E-state index in [4.69, 9.17) is 9.39 Å². The van der Waals surface area contributed by atoms with Crippen LogP contribution in [0.1, 0.15) is 19.8 Å². The van der Waals surface area contributed by atoms with Crippen LogP contribution in [0.15, 0.2) is 0 Å². The van der Waals surface area contributed by atoms with Gasteiger partial charge in [-0.25, -0.2) is 4.79 Å². The van der Waals surface area contributed by atoms with E-state index in [2.05, 4.69) is 6.92 Å². The van der Waals surface area contributed by atoms with Crippen LogP contribution in [0.2, 0.25) is 6.32 Å². The fourth-order valence-corrected chi connectivity index (χ4v) is 1.68. The number of ether oxygens (including phenoxy) is 1. The molecule has 0 amide bonds. The number of carbonyl (C=O) groups excluding carboxylic acids is 1. The monoisotopic (exact) mass is 201 g/mol. The average Bonchev–Trinajstić information content (AvgIpc) is 2.51. The van der Waals surface area contributed by atoms with Gasteiger partial charge in [-0.2, -0.15) is 0 Å². The van der Waals surface area contributed by atoms with Gasteiger partial charge in [0.15, 0.2) is 0 Å². The van der Waals surface area contributed by atoms with Gasteiger partial charge < -0.3 is 9.39 Å². The van der Waals surface area contributed by atoms with E-state index < -0.39 is 0 Å². The molecule has 5 heteroatoms. The van der Waals surface area contributed by atoms with E-state index in [-0.39, 0.29) is 11.4 Å². The molecule has 0 aliphatic carbocycles. The molecule has 73 valence electrons. The van der Waals surface area contributed by atoms with Crippen molar-refractivity contribution in [1.82, 2.24) is 0 Å². The van der Waals surface area contributed by atoms with Gasteiger partial charge in [0, 0.05) is 5.75 Å². The molecule has 1 unspecified atom stereocenters. The second kappa shape index (κ2) is 6.32. The van der Waals surface area contributed by atoms with Gasteiger partial charge in [0.1, 0.15) is 6.10 Å². The molecule has 0 aromatic rings. The topological polar surface area (TPSA) is 35.5 Å². The summed E-state index contributed by atoms with van der Waals surface area (Å²) in [6.45, 7) is 2.64. The highest BCUT2D eigenvalue weighted by atomic mass is 32.2. The van der Waals surface area contributed by atoms with Crippen molar-refractivity contribution in [3.63, 3.8) is 0 Å². The highest BCUT2D eigenvalue weighted by molar-refractivity contribution is 8.13. The zero-order valence-electron chi connectivity index (χ0n) is 7.82. The Bertz CT molecular complexity index is 165. The van der Waals surface area contributed by atoms with Gasteiger partial charge in [0.05, 0.1) is 6.61 Å². The van der Waals surface area contributed by atoms with Crippen LogP contribution >= 0.6 is 11.8 Å². The van der Waals surface area contributed by atoms with Gasteiger partial charge in [0.2, 0.25) is 0 Å². The van der Waals surface area contributed by atoms with E-state index in [1.807, 2.05) is 0 Å². The second-order valence-electron chi connectivity index (χ2n) is 2.94. The molecule has 1 aliphatic rings. The highest BCUT2D eigenvalue weighted by Gasteiger charge is 2.23. The van der Waals surface area contributed by atoms with E-state index in [1.165, 1.54) is 18.2 Å². The number of hydrogen-bond acceptors (Lipinski definition) is 4. The normalized spacial score (nSPS) is 21.6. The Hall–Kier alpha value is -0.155. The Balaban J connectivity index is 1.91. The lowest BCUT2D eigenvalue weighted by Crippen LogP contribution is -2.18. The summed E-state index contributed by atoms with van der Waals surface area (Å²) >= 11 is 1.22. The Morgan fingerprint density at radius 3 is 3.23 bits per heavy atom. The number of unbranched alkanes of at least 4 members (excludes halogenated alkanes) is 1. The van der Waals surface area contributed by atoms with Gasteiger partial charge >= 0.3 is 5.30 Å². The summed E-state index contributed by atoms with van der Waals surface area (Å²) < 4.78 is 10.2. The summed E-state index contributed by atoms with van der Waals surface area (Å²) in [6, 6.07) is 0. The lowest BCUT2D eigenvalue weighted by atomic mass is 9.92. The van der Waals surface area contributed by atoms with Crippen LogP contribution in [0.4, 0.5) is 4.79 Å². The van der Waals surface area contributed by atoms with Crippen LogP contribution in [0.25, 0.3) is 0 Å². The quantitative estimate of drug-likeness (QED) is 0.374. The molecule has 1 saturated heterocycles. The summed E-state index contributed by atoms with van der Waals surface area (Å²) in [5, 5.41) is -0.179. The molecule has 0 saturated carbocycles. The molecule has 1 atom stereocenters. The van der Waals surface area contributed by atoms with E-state index in [0.717, 1.165) is 18.5 Å². The first-order valence-corrected chi connectivity index (χ1v) is 5.58. The summed E-state index contributed by atoms with van der Waals surface area (Å²) in [4.78, 5) is 10.7. The largest absolute Gasteiger partial charge is 0.451 e. The van der Waals surface area contributed by atoms with Gasteiger partial charge in [-0.15, -0.1) is 0 Å². The fourth-order valence-electron chi connectivity index (χ4n) is 0.993. The van der Waals surface area contributed by atoms with Crippen LogP contribution in [0.5, 0.6) is 0 Å². The Labute approximate surface area is 83.8 Å². The predicted octanol–water partition coefficient (Wildman–Crippen LogP) is 2.09. The molecule has 0 bridgehead atoms. The van der Waals surface area contributed by atoms with E-state index in [0.29, 0.717) is 6.61 Å². The number of cyclic esters (lactones) is 1. The van der Waals surface area contributed by atoms with E-state index in [9.17, 15) is 4.79 Å². The average molecular weight is 201 g/mol. The molecular formula is C8H14BO3S. The van der Waals surface area contributed by atoms with E-state index >= 15 is 0 Å². The van der Waals surface area contributed by atoms with Crippen molar-refractivity contribution < 1.29 is 14.2 Å². The highest BCUT2D eigenvalue weighted by Crippen LogP contribution is 2.19. The lowest BCUT2D eigenvalue weighted by Gasteiger charge is -2.07. The molecular weight excluding hydrogens is 187 g/mol. The number of thioether (sulfide) groups is 1. The maximum Gasteiger partial charge on any atom is 0.367 e. The minimum Gasteiger partial charge on any atom is -0.451 e.